The first-order chi connectivity index (χ1) is 8.06. The van der Waals surface area contributed by atoms with Crippen molar-refractivity contribution in [3.8, 4) is 6.07 Å². The zero-order valence-electron chi connectivity index (χ0n) is 8.98. The van der Waals surface area contributed by atoms with Crippen LogP contribution in [-0.4, -0.2) is 16.6 Å². The number of nitriles is 1. The van der Waals surface area contributed by atoms with E-state index in [9.17, 15) is 4.79 Å². The number of hydrogen-bond acceptors (Lipinski definition) is 3. The van der Waals surface area contributed by atoms with Crippen molar-refractivity contribution >= 4 is 27.6 Å². The second-order valence-corrected chi connectivity index (χ2v) is 5.10. The first kappa shape index (κ1) is 11.9. The van der Waals surface area contributed by atoms with E-state index in [0.29, 0.717) is 12.8 Å². The Bertz CT molecular complexity index is 490. The maximum atomic E-state index is 10.8. The van der Waals surface area contributed by atoms with E-state index >= 15 is 0 Å². The number of carbonyl (C=O) groups is 1. The molecule has 88 valence electrons. The molecule has 1 aromatic rings. The summed E-state index contributed by atoms with van der Waals surface area (Å²) in [5.41, 5.74) is 0.0744. The largest absolute Gasteiger partial charge is 0.481 e. The predicted molar refractivity (Wildman–Crippen MR) is 66.5 cm³/mol. The summed E-state index contributed by atoms with van der Waals surface area (Å²) >= 11 is 3.39. The Morgan fingerprint density at radius 3 is 2.71 bits per heavy atom. The van der Waals surface area contributed by atoms with Crippen LogP contribution in [0.4, 0.5) is 5.69 Å². The minimum atomic E-state index is -0.829. The second-order valence-electron chi connectivity index (χ2n) is 4.24. The van der Waals surface area contributed by atoms with Crippen LogP contribution in [0.5, 0.6) is 0 Å². The van der Waals surface area contributed by atoms with Crippen molar-refractivity contribution in [3.05, 3.63) is 28.7 Å². The SMILES string of the molecule is N#CC1(Nc2ccccc2Br)CC(C(=O)O)C1. The van der Waals surface area contributed by atoms with Gasteiger partial charge in [-0.25, -0.2) is 0 Å². The molecule has 4 nitrogen and oxygen atoms in total. The molecule has 0 aliphatic heterocycles. The second kappa shape index (κ2) is 4.38. The van der Waals surface area contributed by atoms with E-state index < -0.39 is 17.4 Å². The van der Waals surface area contributed by atoms with Gasteiger partial charge in [-0.2, -0.15) is 5.26 Å². The molecular weight excluding hydrogens is 284 g/mol. The van der Waals surface area contributed by atoms with Gasteiger partial charge in [0.1, 0.15) is 5.54 Å². The number of hydrogen-bond donors (Lipinski definition) is 2. The van der Waals surface area contributed by atoms with Gasteiger partial charge in [0.2, 0.25) is 0 Å². The summed E-state index contributed by atoms with van der Waals surface area (Å²) in [5, 5.41) is 21.1. The minimum Gasteiger partial charge on any atom is -0.481 e. The number of halogens is 1. The quantitative estimate of drug-likeness (QED) is 0.899. The highest BCUT2D eigenvalue weighted by atomic mass is 79.9. The fraction of sp³-hybridized carbons (Fsp3) is 0.333. The molecule has 1 aliphatic rings. The van der Waals surface area contributed by atoms with Gasteiger partial charge in [-0.3, -0.25) is 4.79 Å². The van der Waals surface area contributed by atoms with E-state index in [2.05, 4.69) is 27.3 Å². The lowest BCUT2D eigenvalue weighted by Crippen LogP contribution is -2.51. The molecule has 17 heavy (non-hydrogen) atoms. The van der Waals surface area contributed by atoms with Gasteiger partial charge < -0.3 is 10.4 Å². The zero-order valence-corrected chi connectivity index (χ0v) is 10.6. The lowest BCUT2D eigenvalue weighted by Gasteiger charge is -2.41. The molecule has 0 heterocycles. The molecule has 0 unspecified atom stereocenters. The first-order valence-electron chi connectivity index (χ1n) is 5.23. The highest BCUT2D eigenvalue weighted by molar-refractivity contribution is 9.10. The van der Waals surface area contributed by atoms with Gasteiger partial charge in [0.25, 0.3) is 0 Å². The number of para-hydroxylation sites is 1. The molecule has 1 fully saturated rings. The van der Waals surface area contributed by atoms with Crippen LogP contribution in [0.1, 0.15) is 12.8 Å². The normalized spacial score (nSPS) is 26.7. The highest BCUT2D eigenvalue weighted by Gasteiger charge is 2.48. The van der Waals surface area contributed by atoms with E-state index in [1.54, 1.807) is 0 Å². The maximum absolute atomic E-state index is 10.8. The molecule has 0 amide bonds. The lowest BCUT2D eigenvalue weighted by molar-refractivity contribution is -0.145. The Morgan fingerprint density at radius 2 is 2.18 bits per heavy atom. The first-order valence-corrected chi connectivity index (χ1v) is 6.02. The van der Waals surface area contributed by atoms with Crippen molar-refractivity contribution in [2.24, 2.45) is 5.92 Å². The molecule has 0 spiro atoms. The summed E-state index contributed by atoms with van der Waals surface area (Å²) < 4.78 is 0.869. The number of carboxylic acid groups (broad SMARTS) is 1. The minimum absolute atomic E-state index is 0.347. The van der Waals surface area contributed by atoms with Gasteiger partial charge in [-0.05, 0) is 40.9 Å². The van der Waals surface area contributed by atoms with Crippen molar-refractivity contribution in [2.45, 2.75) is 18.4 Å². The fourth-order valence-electron chi connectivity index (χ4n) is 2.00. The van der Waals surface area contributed by atoms with E-state index in [-0.39, 0.29) is 0 Å². The van der Waals surface area contributed by atoms with Gasteiger partial charge in [-0.1, -0.05) is 12.1 Å². The standard InChI is InChI=1S/C12H11BrN2O2/c13-9-3-1-2-4-10(9)15-12(7-14)5-8(6-12)11(16)17/h1-4,8,15H,5-6H2,(H,16,17). The number of rotatable bonds is 3. The molecule has 1 saturated carbocycles. The molecule has 1 aliphatic carbocycles. The topological polar surface area (TPSA) is 73.1 Å². The third kappa shape index (κ3) is 2.27. The van der Waals surface area contributed by atoms with Crippen molar-refractivity contribution in [3.63, 3.8) is 0 Å². The molecule has 2 rings (SSSR count). The van der Waals surface area contributed by atoms with Crippen molar-refractivity contribution in [2.75, 3.05) is 5.32 Å². The summed E-state index contributed by atoms with van der Waals surface area (Å²) in [7, 11) is 0. The smallest absolute Gasteiger partial charge is 0.306 e. The summed E-state index contributed by atoms with van der Waals surface area (Å²) in [6, 6.07) is 9.66. The van der Waals surface area contributed by atoms with Gasteiger partial charge in [0.05, 0.1) is 12.0 Å². The fourth-order valence-corrected chi connectivity index (χ4v) is 2.38. The van der Waals surface area contributed by atoms with Crippen molar-refractivity contribution < 1.29 is 9.90 Å². The van der Waals surface area contributed by atoms with Crippen LogP contribution >= 0.6 is 15.9 Å². The summed E-state index contributed by atoms with van der Waals surface area (Å²) in [4.78, 5) is 10.8. The van der Waals surface area contributed by atoms with Gasteiger partial charge in [0, 0.05) is 10.2 Å². The average molecular weight is 295 g/mol. The zero-order chi connectivity index (χ0) is 12.5. The highest BCUT2D eigenvalue weighted by Crippen LogP contribution is 2.41. The van der Waals surface area contributed by atoms with E-state index in [1.807, 2.05) is 24.3 Å². The molecule has 0 radical (unpaired) electrons. The van der Waals surface area contributed by atoms with Crippen molar-refractivity contribution in [1.82, 2.24) is 0 Å². The van der Waals surface area contributed by atoms with Crippen LogP contribution in [0.25, 0.3) is 0 Å². The van der Waals surface area contributed by atoms with Gasteiger partial charge >= 0.3 is 5.97 Å². The van der Waals surface area contributed by atoms with Crippen LogP contribution in [0.3, 0.4) is 0 Å². The molecule has 0 bridgehead atoms. The van der Waals surface area contributed by atoms with Crippen LogP contribution in [0.2, 0.25) is 0 Å². The van der Waals surface area contributed by atoms with Gasteiger partial charge in [0.15, 0.2) is 0 Å². The Kier molecular flexibility index (Phi) is 3.07. The van der Waals surface area contributed by atoms with E-state index in [1.165, 1.54) is 0 Å². The number of nitrogens with one attached hydrogen (secondary N) is 1. The summed E-state index contributed by atoms with van der Waals surface area (Å²) in [6.07, 6.45) is 0.695. The maximum Gasteiger partial charge on any atom is 0.306 e. The summed E-state index contributed by atoms with van der Waals surface area (Å²) in [5.74, 6) is -1.24. The molecule has 0 aromatic heterocycles. The molecule has 0 atom stereocenters. The average Bonchev–Trinajstić information content (AvgIpc) is 2.25. The third-order valence-electron chi connectivity index (χ3n) is 3.00. The number of benzene rings is 1. The van der Waals surface area contributed by atoms with Gasteiger partial charge in [-0.15, -0.1) is 0 Å². The Hall–Kier alpha value is -1.54. The Labute approximate surface area is 107 Å². The van der Waals surface area contributed by atoms with E-state index in [0.717, 1.165) is 10.2 Å². The molecular formula is C12H11BrN2O2. The third-order valence-corrected chi connectivity index (χ3v) is 3.69. The summed E-state index contributed by atoms with van der Waals surface area (Å²) in [6.45, 7) is 0. The van der Waals surface area contributed by atoms with Crippen LogP contribution < -0.4 is 5.32 Å². The monoisotopic (exact) mass is 294 g/mol. The Morgan fingerprint density at radius 1 is 1.53 bits per heavy atom. The van der Waals surface area contributed by atoms with Crippen LogP contribution in [-0.2, 0) is 4.79 Å². The molecule has 0 saturated heterocycles. The van der Waals surface area contributed by atoms with Crippen molar-refractivity contribution in [1.29, 1.82) is 5.26 Å². The predicted octanol–water partition coefficient (Wildman–Crippen LogP) is 2.62. The number of anilines is 1. The molecule has 1 aromatic carbocycles. The molecule has 5 heteroatoms. The number of nitrogens with zero attached hydrogens (tertiary/aromatic N) is 1. The number of aliphatic carboxylic acids is 1. The number of carboxylic acids is 1. The lowest BCUT2D eigenvalue weighted by atomic mass is 9.69. The van der Waals surface area contributed by atoms with Crippen LogP contribution in [0.15, 0.2) is 28.7 Å². The molecule has 2 N–H and O–H groups in total. The van der Waals surface area contributed by atoms with Crippen LogP contribution in [0, 0.1) is 17.2 Å². The van der Waals surface area contributed by atoms with E-state index in [4.69, 9.17) is 10.4 Å². The Balaban J connectivity index is 2.11.